The molecule has 0 atom stereocenters. The van der Waals surface area contributed by atoms with E-state index in [2.05, 4.69) is 115 Å². The number of fused-ring (bicyclic) bond motifs is 6. The molecular weight excluding hydrogens is 464 g/mol. The van der Waals surface area contributed by atoms with Gasteiger partial charge in [-0.05, 0) is 54.1 Å². The number of rotatable bonds is 5. The van der Waals surface area contributed by atoms with Crippen molar-refractivity contribution in [2.45, 2.75) is 0 Å². The number of allylic oxidation sites excluding steroid dienone is 1. The first-order valence-electron chi connectivity index (χ1n) is 12.7. The molecule has 0 aliphatic heterocycles. The Labute approximate surface area is 221 Å². The van der Waals surface area contributed by atoms with E-state index in [0.29, 0.717) is 0 Å². The van der Waals surface area contributed by atoms with Crippen LogP contribution in [0.3, 0.4) is 0 Å². The van der Waals surface area contributed by atoms with Gasteiger partial charge in [0.15, 0.2) is 0 Å². The third-order valence-electron chi connectivity index (χ3n) is 7.51. The van der Waals surface area contributed by atoms with Crippen LogP contribution in [-0.2, 0) is 0 Å². The van der Waals surface area contributed by atoms with Crippen LogP contribution in [0.1, 0.15) is 0 Å². The van der Waals surface area contributed by atoms with Gasteiger partial charge < -0.3 is 13.9 Å². The smallest absolute Gasteiger partial charge is 0.143 e. The first-order valence-corrected chi connectivity index (χ1v) is 12.7. The van der Waals surface area contributed by atoms with E-state index in [1.807, 2.05) is 24.1 Å². The topological polar surface area (TPSA) is 21.3 Å². The fourth-order valence-corrected chi connectivity index (χ4v) is 5.54. The minimum Gasteiger partial charge on any atom is -0.455 e. The summed E-state index contributed by atoms with van der Waals surface area (Å²) in [6.07, 6.45) is 1.77. The van der Waals surface area contributed by atoms with Crippen molar-refractivity contribution in [1.29, 1.82) is 0 Å². The minimum absolute atomic E-state index is 0.843. The van der Waals surface area contributed by atoms with Crippen molar-refractivity contribution in [1.82, 2.24) is 4.57 Å². The van der Waals surface area contributed by atoms with E-state index in [4.69, 9.17) is 4.42 Å². The van der Waals surface area contributed by atoms with Crippen LogP contribution in [0.4, 0.5) is 5.69 Å². The maximum Gasteiger partial charge on any atom is 0.143 e. The number of benzene rings is 5. The van der Waals surface area contributed by atoms with E-state index in [9.17, 15) is 0 Å². The summed E-state index contributed by atoms with van der Waals surface area (Å²) >= 11 is 0. The molecule has 0 aliphatic rings. The lowest BCUT2D eigenvalue weighted by Crippen LogP contribution is -2.13. The Balaban J connectivity index is 1.57. The molecular formula is C35H26N2O. The second kappa shape index (κ2) is 8.53. The summed E-state index contributed by atoms with van der Waals surface area (Å²) in [5.74, 6) is 0. The average Bonchev–Trinajstić information content (AvgIpc) is 3.52. The number of aromatic nitrogens is 1. The van der Waals surface area contributed by atoms with E-state index >= 15 is 0 Å². The lowest BCUT2D eigenvalue weighted by Gasteiger charge is -2.20. The van der Waals surface area contributed by atoms with Gasteiger partial charge in [0.25, 0.3) is 0 Å². The number of likely N-dealkylation sites (N-methyl/N-ethyl adjacent to an activating group) is 1. The highest BCUT2D eigenvalue weighted by Gasteiger charge is 2.18. The molecule has 0 unspecified atom stereocenters. The van der Waals surface area contributed by atoms with Gasteiger partial charge in [0, 0.05) is 51.2 Å². The molecule has 5 aromatic carbocycles. The molecule has 0 saturated heterocycles. The third-order valence-corrected chi connectivity index (χ3v) is 7.51. The van der Waals surface area contributed by atoms with Gasteiger partial charge in [-0.2, -0.15) is 0 Å². The highest BCUT2D eigenvalue weighted by molar-refractivity contribution is 6.13. The molecule has 2 aromatic heterocycles. The van der Waals surface area contributed by atoms with Crippen molar-refractivity contribution in [3.63, 3.8) is 0 Å². The molecule has 0 radical (unpaired) electrons. The highest BCUT2D eigenvalue weighted by atomic mass is 16.3. The number of para-hydroxylation sites is 3. The van der Waals surface area contributed by atoms with Gasteiger partial charge in [0.05, 0.1) is 11.0 Å². The van der Waals surface area contributed by atoms with Gasteiger partial charge >= 0.3 is 0 Å². The Bertz CT molecular complexity index is 1990. The predicted octanol–water partition coefficient (Wildman–Crippen LogP) is 9.49. The second-order valence-electron chi connectivity index (χ2n) is 9.64. The highest BCUT2D eigenvalue weighted by Crippen LogP contribution is 2.41. The van der Waals surface area contributed by atoms with Crippen LogP contribution < -0.4 is 4.90 Å². The molecule has 0 fully saturated rings. The van der Waals surface area contributed by atoms with E-state index in [-0.39, 0.29) is 0 Å². The lowest BCUT2D eigenvalue weighted by molar-refractivity contribution is 0.670. The molecule has 38 heavy (non-hydrogen) atoms. The quantitative estimate of drug-likeness (QED) is 0.224. The Hall–Kier alpha value is -5.02. The molecule has 0 saturated carbocycles. The number of hydrogen-bond donors (Lipinski definition) is 0. The molecule has 7 aromatic rings. The number of nitrogens with zero attached hydrogens (tertiary/aromatic N) is 2. The van der Waals surface area contributed by atoms with Crippen molar-refractivity contribution in [3.8, 4) is 16.8 Å². The third kappa shape index (κ3) is 3.29. The number of anilines is 1. The maximum atomic E-state index is 6.50. The van der Waals surface area contributed by atoms with E-state index in [1.165, 1.54) is 21.8 Å². The summed E-state index contributed by atoms with van der Waals surface area (Å²) in [6.45, 7) is 8.01. The van der Waals surface area contributed by atoms with Crippen molar-refractivity contribution in [3.05, 3.63) is 134 Å². The summed E-state index contributed by atoms with van der Waals surface area (Å²) in [5, 5.41) is 4.70. The van der Waals surface area contributed by atoms with Crippen LogP contribution in [0.15, 0.2) is 139 Å². The second-order valence-corrected chi connectivity index (χ2v) is 9.64. The monoisotopic (exact) mass is 490 g/mol. The lowest BCUT2D eigenvalue weighted by atomic mass is 10.00. The minimum atomic E-state index is 0.843. The van der Waals surface area contributed by atoms with Crippen LogP contribution >= 0.6 is 0 Å². The van der Waals surface area contributed by atoms with Crippen molar-refractivity contribution in [2.75, 3.05) is 11.9 Å². The molecule has 7 rings (SSSR count). The Morgan fingerprint density at radius 1 is 0.737 bits per heavy atom. The fourth-order valence-electron chi connectivity index (χ4n) is 5.54. The molecule has 3 heteroatoms. The summed E-state index contributed by atoms with van der Waals surface area (Å²) < 4.78 is 8.86. The van der Waals surface area contributed by atoms with Crippen molar-refractivity contribution >= 4 is 49.4 Å². The largest absolute Gasteiger partial charge is 0.455 e. The predicted molar refractivity (Wildman–Crippen MR) is 161 cm³/mol. The first-order chi connectivity index (χ1) is 18.6. The van der Waals surface area contributed by atoms with Crippen molar-refractivity contribution < 1.29 is 4.42 Å². The fraction of sp³-hybridized carbons (Fsp3) is 0.0286. The standard InChI is InChI=1S/C35H26N2O/c1-4-23(2)36(3)25-13-11-12-24(20-25)30-21-26(22-31-29-16-7-10-19-34(29)38-35(30)31)37-32-17-8-5-14-27(32)28-15-6-9-18-33(28)37/h4-22H,1-2H2,3H3. The van der Waals surface area contributed by atoms with Crippen LogP contribution in [0.25, 0.3) is 60.6 Å². The van der Waals surface area contributed by atoms with E-state index < -0.39 is 0 Å². The van der Waals surface area contributed by atoms with Gasteiger partial charge in [-0.15, -0.1) is 0 Å². The summed E-state index contributed by atoms with van der Waals surface area (Å²) in [5.41, 5.74) is 9.26. The molecule has 0 amide bonds. The van der Waals surface area contributed by atoms with Crippen LogP contribution in [0.2, 0.25) is 0 Å². The Morgan fingerprint density at radius 2 is 1.39 bits per heavy atom. The van der Waals surface area contributed by atoms with Gasteiger partial charge in [0.2, 0.25) is 0 Å². The van der Waals surface area contributed by atoms with Gasteiger partial charge in [-0.3, -0.25) is 0 Å². The molecule has 3 nitrogen and oxygen atoms in total. The van der Waals surface area contributed by atoms with Crippen LogP contribution in [0.5, 0.6) is 0 Å². The van der Waals surface area contributed by atoms with Crippen molar-refractivity contribution in [2.24, 2.45) is 0 Å². The van der Waals surface area contributed by atoms with Crippen LogP contribution in [0, 0.1) is 0 Å². The number of hydrogen-bond acceptors (Lipinski definition) is 2. The summed E-state index contributed by atoms with van der Waals surface area (Å²) in [6, 6.07) is 38.5. The zero-order valence-corrected chi connectivity index (χ0v) is 21.2. The Kier molecular flexibility index (Phi) is 4.98. The average molecular weight is 491 g/mol. The number of furan rings is 1. The molecule has 0 spiro atoms. The molecule has 182 valence electrons. The molecule has 0 N–H and O–H groups in total. The molecule has 0 aliphatic carbocycles. The molecule has 2 heterocycles. The zero-order chi connectivity index (χ0) is 25.8. The normalized spacial score (nSPS) is 11.5. The van der Waals surface area contributed by atoms with Crippen LogP contribution in [-0.4, -0.2) is 11.6 Å². The molecule has 0 bridgehead atoms. The summed E-state index contributed by atoms with van der Waals surface area (Å²) in [7, 11) is 2.01. The van der Waals surface area contributed by atoms with Gasteiger partial charge in [0.1, 0.15) is 11.2 Å². The van der Waals surface area contributed by atoms with E-state index in [0.717, 1.165) is 50.1 Å². The SMILES string of the molecule is C=CC(=C)N(C)c1cccc(-c2cc(-n3c4ccccc4c4ccccc43)cc3c2oc2ccccc23)c1. The Morgan fingerprint density at radius 3 is 2.11 bits per heavy atom. The maximum absolute atomic E-state index is 6.50. The van der Waals surface area contributed by atoms with E-state index in [1.54, 1.807) is 6.08 Å². The first kappa shape index (κ1) is 22.2. The summed E-state index contributed by atoms with van der Waals surface area (Å²) in [4.78, 5) is 2.04. The zero-order valence-electron chi connectivity index (χ0n) is 21.2. The van der Waals surface area contributed by atoms with Gasteiger partial charge in [-0.1, -0.05) is 79.9 Å². The van der Waals surface area contributed by atoms with Gasteiger partial charge in [-0.25, -0.2) is 0 Å².